The van der Waals surface area contributed by atoms with Crippen molar-refractivity contribution in [2.45, 2.75) is 12.8 Å². The van der Waals surface area contributed by atoms with E-state index in [1.54, 1.807) is 0 Å². The van der Waals surface area contributed by atoms with E-state index in [2.05, 4.69) is 0 Å². The summed E-state index contributed by atoms with van der Waals surface area (Å²) in [6.07, 6.45) is 1.01. The van der Waals surface area contributed by atoms with E-state index < -0.39 is 21.2 Å². The molecule has 2 fully saturated rings. The van der Waals surface area contributed by atoms with Crippen molar-refractivity contribution in [3.63, 3.8) is 0 Å². The van der Waals surface area contributed by atoms with Gasteiger partial charge in [0.1, 0.15) is 0 Å². The highest BCUT2D eigenvalue weighted by atomic mass is 32.2. The first-order valence-corrected chi connectivity index (χ1v) is 8.00. The van der Waals surface area contributed by atoms with Crippen molar-refractivity contribution in [3.8, 4) is 0 Å². The fourth-order valence-electron chi connectivity index (χ4n) is 2.54. The molecule has 2 saturated heterocycles. The van der Waals surface area contributed by atoms with Crippen LogP contribution in [0.15, 0.2) is 0 Å². The molecule has 0 atom stereocenters. The van der Waals surface area contributed by atoms with Crippen molar-refractivity contribution in [3.05, 3.63) is 0 Å². The topological polar surface area (TPSA) is 83.9 Å². The maximum Gasteiger partial charge on any atom is 0.311 e. The van der Waals surface area contributed by atoms with Crippen molar-refractivity contribution >= 4 is 15.8 Å². The number of carbonyl (C=O) groups is 1. The lowest BCUT2D eigenvalue weighted by Gasteiger charge is -2.38. The van der Waals surface area contributed by atoms with Crippen LogP contribution in [0.1, 0.15) is 12.8 Å². The van der Waals surface area contributed by atoms with E-state index in [4.69, 9.17) is 4.74 Å². The summed E-state index contributed by atoms with van der Waals surface area (Å²) in [4.78, 5) is 13.4. The number of rotatable bonds is 3. The van der Waals surface area contributed by atoms with Gasteiger partial charge in [0.25, 0.3) is 0 Å². The molecule has 2 heterocycles. The molecule has 0 saturated carbocycles. The zero-order valence-corrected chi connectivity index (χ0v) is 11.1. The molecule has 0 aromatic rings. The number of hydrogen-bond donors (Lipinski definition) is 1. The zero-order chi connectivity index (χ0) is 13.2. The fraction of sp³-hybridized carbons (Fsp3) is 0.909. The van der Waals surface area contributed by atoms with Gasteiger partial charge in [-0.3, -0.25) is 4.79 Å². The number of carboxylic acid groups (broad SMARTS) is 1. The van der Waals surface area contributed by atoms with Gasteiger partial charge in [-0.05, 0) is 12.8 Å². The van der Waals surface area contributed by atoms with Crippen LogP contribution < -0.4 is 0 Å². The summed E-state index contributed by atoms with van der Waals surface area (Å²) in [5, 5.41) is 9.42. The van der Waals surface area contributed by atoms with E-state index in [-0.39, 0.29) is 11.5 Å². The standard InChI is InChI=1S/C11H19NO5S/c13-10(14)11(1-5-17-6-2-11)9-12-3-7-18(15,16)8-4-12/h1-9H2,(H,13,14). The molecular formula is C11H19NO5S. The minimum atomic E-state index is -2.91. The van der Waals surface area contributed by atoms with Crippen LogP contribution in [0.25, 0.3) is 0 Å². The first-order valence-electron chi connectivity index (χ1n) is 6.18. The molecule has 1 N–H and O–H groups in total. The monoisotopic (exact) mass is 277 g/mol. The molecule has 0 aromatic heterocycles. The molecule has 18 heavy (non-hydrogen) atoms. The molecule has 104 valence electrons. The van der Waals surface area contributed by atoms with Crippen LogP contribution in [0.5, 0.6) is 0 Å². The third-order valence-electron chi connectivity index (χ3n) is 3.87. The van der Waals surface area contributed by atoms with E-state index in [9.17, 15) is 18.3 Å². The van der Waals surface area contributed by atoms with Gasteiger partial charge in [0.15, 0.2) is 9.84 Å². The Bertz CT molecular complexity index is 399. The third kappa shape index (κ3) is 3.02. The second-order valence-corrected chi connectivity index (χ2v) is 7.43. The maximum atomic E-state index is 11.5. The highest BCUT2D eigenvalue weighted by molar-refractivity contribution is 7.91. The van der Waals surface area contributed by atoms with Gasteiger partial charge in [-0.1, -0.05) is 0 Å². The molecule has 7 heteroatoms. The first kappa shape index (κ1) is 13.8. The molecule has 2 aliphatic heterocycles. The Balaban J connectivity index is 2.00. The Morgan fingerprint density at radius 3 is 2.28 bits per heavy atom. The molecule has 0 radical (unpaired) electrons. The molecule has 2 rings (SSSR count). The van der Waals surface area contributed by atoms with Crippen molar-refractivity contribution < 1.29 is 23.1 Å². The lowest BCUT2D eigenvalue weighted by molar-refractivity contribution is -0.156. The Morgan fingerprint density at radius 2 is 1.78 bits per heavy atom. The predicted octanol–water partition coefficient (Wildman–Crippen LogP) is -0.402. The molecule has 0 amide bonds. The van der Waals surface area contributed by atoms with Crippen LogP contribution >= 0.6 is 0 Å². The summed E-state index contributed by atoms with van der Waals surface area (Å²) in [5.74, 6) is -0.516. The lowest BCUT2D eigenvalue weighted by atomic mass is 9.79. The Labute approximate surface area is 107 Å². The zero-order valence-electron chi connectivity index (χ0n) is 10.3. The summed E-state index contributed by atoms with van der Waals surface area (Å²) in [5.41, 5.74) is -0.765. The summed E-state index contributed by atoms with van der Waals surface area (Å²) in [7, 11) is -2.91. The number of ether oxygens (including phenoxy) is 1. The fourth-order valence-corrected chi connectivity index (χ4v) is 3.81. The van der Waals surface area contributed by atoms with Crippen molar-refractivity contribution in [2.24, 2.45) is 5.41 Å². The van der Waals surface area contributed by atoms with Gasteiger partial charge in [-0.15, -0.1) is 0 Å². The van der Waals surface area contributed by atoms with E-state index >= 15 is 0 Å². The Morgan fingerprint density at radius 1 is 1.22 bits per heavy atom. The van der Waals surface area contributed by atoms with E-state index in [0.717, 1.165) is 0 Å². The molecule has 0 aromatic carbocycles. The maximum absolute atomic E-state index is 11.5. The van der Waals surface area contributed by atoms with Gasteiger partial charge in [0.2, 0.25) is 0 Å². The lowest BCUT2D eigenvalue weighted by Crippen LogP contribution is -2.50. The van der Waals surface area contributed by atoms with E-state index in [1.807, 2.05) is 4.90 Å². The Kier molecular flexibility index (Phi) is 3.93. The summed E-state index contributed by atoms with van der Waals surface area (Å²) >= 11 is 0. The smallest absolute Gasteiger partial charge is 0.311 e. The van der Waals surface area contributed by atoms with Crippen LogP contribution in [0, 0.1) is 5.41 Å². The predicted molar refractivity (Wildman–Crippen MR) is 65.2 cm³/mol. The van der Waals surface area contributed by atoms with Gasteiger partial charge >= 0.3 is 5.97 Å². The van der Waals surface area contributed by atoms with Crippen molar-refractivity contribution in [1.29, 1.82) is 0 Å². The SMILES string of the molecule is O=C(O)C1(CN2CCS(=O)(=O)CC2)CCOCC1. The molecule has 2 aliphatic rings. The number of carboxylic acids is 1. The second kappa shape index (κ2) is 5.14. The molecule has 0 spiro atoms. The normalized spacial score (nSPS) is 27.8. The summed E-state index contributed by atoms with van der Waals surface area (Å²) < 4.78 is 27.9. The molecular weight excluding hydrogens is 258 g/mol. The third-order valence-corrected chi connectivity index (χ3v) is 5.48. The van der Waals surface area contributed by atoms with Crippen molar-refractivity contribution in [2.75, 3.05) is 44.4 Å². The van der Waals surface area contributed by atoms with Gasteiger partial charge in [-0.2, -0.15) is 0 Å². The molecule has 0 unspecified atom stereocenters. The van der Waals surface area contributed by atoms with Crippen LogP contribution in [0.4, 0.5) is 0 Å². The van der Waals surface area contributed by atoms with Gasteiger partial charge in [0.05, 0.1) is 16.9 Å². The average Bonchev–Trinajstić information content (AvgIpc) is 2.33. The van der Waals surface area contributed by atoms with Crippen molar-refractivity contribution in [1.82, 2.24) is 4.90 Å². The van der Waals surface area contributed by atoms with Gasteiger partial charge in [-0.25, -0.2) is 8.42 Å². The van der Waals surface area contributed by atoms with E-state index in [0.29, 0.717) is 45.7 Å². The molecule has 0 bridgehead atoms. The van der Waals surface area contributed by atoms with Crippen LogP contribution in [-0.2, 0) is 19.4 Å². The van der Waals surface area contributed by atoms with Crippen LogP contribution in [0.2, 0.25) is 0 Å². The second-order valence-electron chi connectivity index (χ2n) is 5.13. The summed E-state index contributed by atoms with van der Waals surface area (Å²) in [6, 6.07) is 0. The Hall–Kier alpha value is -0.660. The quantitative estimate of drug-likeness (QED) is 0.755. The minimum absolute atomic E-state index is 0.138. The number of nitrogens with zero attached hydrogens (tertiary/aromatic N) is 1. The first-order chi connectivity index (χ1) is 8.44. The van der Waals surface area contributed by atoms with E-state index in [1.165, 1.54) is 0 Å². The number of aliphatic carboxylic acids is 1. The number of hydrogen-bond acceptors (Lipinski definition) is 5. The molecule has 6 nitrogen and oxygen atoms in total. The molecule has 0 aliphatic carbocycles. The van der Waals surface area contributed by atoms with Crippen LogP contribution in [-0.4, -0.2) is 68.7 Å². The van der Waals surface area contributed by atoms with Crippen LogP contribution in [0.3, 0.4) is 0 Å². The largest absolute Gasteiger partial charge is 0.481 e. The van der Waals surface area contributed by atoms with Gasteiger partial charge in [0, 0.05) is 32.8 Å². The average molecular weight is 277 g/mol. The highest BCUT2D eigenvalue weighted by Crippen LogP contribution is 2.32. The minimum Gasteiger partial charge on any atom is -0.481 e. The highest BCUT2D eigenvalue weighted by Gasteiger charge is 2.42. The number of sulfone groups is 1. The van der Waals surface area contributed by atoms with Gasteiger partial charge < -0.3 is 14.7 Å². The summed E-state index contributed by atoms with van der Waals surface area (Å²) in [6.45, 7) is 2.26.